The number of rotatable bonds is 11. The lowest BCUT2D eigenvalue weighted by Crippen LogP contribution is -2.29. The predicted molar refractivity (Wildman–Crippen MR) is 145 cm³/mol. The zero-order chi connectivity index (χ0) is 27.7. The van der Waals surface area contributed by atoms with E-state index in [1.165, 1.54) is 24.3 Å². The Kier molecular flexibility index (Phi) is 8.75. The number of nitro groups is 1. The van der Waals surface area contributed by atoms with Crippen LogP contribution in [0.5, 0.6) is 17.2 Å². The lowest BCUT2D eigenvalue weighted by Gasteiger charge is -2.30. The summed E-state index contributed by atoms with van der Waals surface area (Å²) >= 11 is 0. The summed E-state index contributed by atoms with van der Waals surface area (Å²) in [6.07, 6.45) is -0.136. The highest BCUT2D eigenvalue weighted by atomic mass is 16.6. The van der Waals surface area contributed by atoms with Crippen molar-refractivity contribution in [1.29, 1.82) is 0 Å². The highest BCUT2D eigenvalue weighted by Gasteiger charge is 2.33. The Hall–Kier alpha value is -4.89. The van der Waals surface area contributed by atoms with Crippen LogP contribution in [-0.2, 0) is 5.60 Å². The fourth-order valence-corrected chi connectivity index (χ4v) is 4.04. The molecule has 4 aromatic carbocycles. The Morgan fingerprint density at radius 3 is 1.92 bits per heavy atom. The van der Waals surface area contributed by atoms with Crippen LogP contribution in [0, 0.1) is 10.1 Å². The van der Waals surface area contributed by atoms with Crippen molar-refractivity contribution in [3.8, 4) is 17.2 Å². The first-order valence-electron chi connectivity index (χ1n) is 12.3. The molecular weight excluding hydrogens is 500 g/mol. The first-order chi connectivity index (χ1) is 18.9. The van der Waals surface area contributed by atoms with Crippen LogP contribution in [0.1, 0.15) is 23.1 Å². The second-order valence-electron chi connectivity index (χ2n) is 8.60. The van der Waals surface area contributed by atoms with Crippen molar-refractivity contribution in [1.82, 2.24) is 5.32 Å². The molecule has 4 rings (SSSR count). The maximum Gasteiger partial charge on any atom is 0.412 e. The summed E-state index contributed by atoms with van der Waals surface area (Å²) < 4.78 is 16.2. The Morgan fingerprint density at radius 1 is 0.821 bits per heavy atom. The number of nitrogens with one attached hydrogen (secondary N) is 1. The Balaban J connectivity index is 1.32. The first-order valence-corrected chi connectivity index (χ1v) is 12.3. The molecule has 2 N–H and O–H groups in total. The minimum absolute atomic E-state index is 0.0848. The van der Waals surface area contributed by atoms with Gasteiger partial charge >= 0.3 is 6.09 Å². The Morgan fingerprint density at radius 2 is 1.36 bits per heavy atom. The molecule has 0 saturated heterocycles. The number of nitro benzene ring substituents is 1. The standard InChI is InChI=1S/C30H28N2O7/c1-37-26-14-8-23(9-15-26)30(34,22-6-3-2-4-7-22)24-10-16-27(17-11-24)38-21-5-20-31-29(33)39-28-18-12-25(13-19-28)32(35)36/h2-4,6-19,34H,5,20-21H2,1H3,(H,31,33). The maximum atomic E-state index is 12.0. The number of non-ortho nitro benzene ring substituents is 1. The van der Waals surface area contributed by atoms with Gasteiger partial charge in [-0.25, -0.2) is 4.79 Å². The van der Waals surface area contributed by atoms with Gasteiger partial charge in [0.25, 0.3) is 5.69 Å². The number of hydrogen-bond acceptors (Lipinski definition) is 7. The van der Waals surface area contributed by atoms with Gasteiger partial charge in [0.05, 0.1) is 18.6 Å². The molecule has 0 aromatic heterocycles. The van der Waals surface area contributed by atoms with Crippen molar-refractivity contribution in [2.24, 2.45) is 0 Å². The number of benzene rings is 4. The second kappa shape index (κ2) is 12.6. The molecule has 0 heterocycles. The van der Waals surface area contributed by atoms with Crippen molar-refractivity contribution in [2.75, 3.05) is 20.3 Å². The molecule has 0 aliphatic heterocycles. The zero-order valence-corrected chi connectivity index (χ0v) is 21.3. The van der Waals surface area contributed by atoms with Gasteiger partial charge in [-0.15, -0.1) is 0 Å². The average Bonchev–Trinajstić information content (AvgIpc) is 2.97. The van der Waals surface area contributed by atoms with Crippen molar-refractivity contribution in [2.45, 2.75) is 12.0 Å². The van der Waals surface area contributed by atoms with Crippen LogP contribution >= 0.6 is 0 Å². The molecule has 1 unspecified atom stereocenters. The van der Waals surface area contributed by atoms with E-state index in [0.717, 1.165) is 5.56 Å². The molecule has 9 heteroatoms. The number of amides is 1. The van der Waals surface area contributed by atoms with E-state index in [9.17, 15) is 20.0 Å². The summed E-state index contributed by atoms with van der Waals surface area (Å²) in [6.45, 7) is 0.660. The quantitative estimate of drug-likeness (QED) is 0.115. The molecule has 200 valence electrons. The maximum absolute atomic E-state index is 12.0. The average molecular weight is 529 g/mol. The van der Waals surface area contributed by atoms with Crippen LogP contribution in [-0.4, -0.2) is 36.4 Å². The van der Waals surface area contributed by atoms with E-state index in [1.54, 1.807) is 19.2 Å². The van der Waals surface area contributed by atoms with Gasteiger partial charge in [-0.05, 0) is 59.5 Å². The van der Waals surface area contributed by atoms with E-state index in [-0.39, 0.29) is 11.4 Å². The minimum Gasteiger partial charge on any atom is -0.497 e. The molecule has 0 radical (unpaired) electrons. The monoisotopic (exact) mass is 528 g/mol. The van der Waals surface area contributed by atoms with Gasteiger partial charge in [-0.2, -0.15) is 0 Å². The van der Waals surface area contributed by atoms with Gasteiger partial charge in [-0.3, -0.25) is 10.1 Å². The summed E-state index contributed by atoms with van der Waals surface area (Å²) in [4.78, 5) is 22.1. The summed E-state index contributed by atoms with van der Waals surface area (Å²) in [5, 5.41) is 25.3. The molecule has 9 nitrogen and oxygen atoms in total. The van der Waals surface area contributed by atoms with E-state index in [0.29, 0.717) is 42.2 Å². The third-order valence-corrected chi connectivity index (χ3v) is 6.09. The van der Waals surface area contributed by atoms with Crippen LogP contribution in [0.25, 0.3) is 0 Å². The number of carbonyl (C=O) groups excluding carboxylic acids is 1. The van der Waals surface area contributed by atoms with Gasteiger partial charge in [0.1, 0.15) is 22.8 Å². The molecule has 0 spiro atoms. The lowest BCUT2D eigenvalue weighted by molar-refractivity contribution is -0.384. The molecular formula is C30H28N2O7. The molecule has 4 aromatic rings. The van der Waals surface area contributed by atoms with E-state index in [4.69, 9.17) is 14.2 Å². The van der Waals surface area contributed by atoms with E-state index in [1.807, 2.05) is 66.7 Å². The Labute approximate surface area is 225 Å². The number of ether oxygens (including phenoxy) is 3. The van der Waals surface area contributed by atoms with Gasteiger partial charge in [0.2, 0.25) is 0 Å². The molecule has 0 saturated carbocycles. The third-order valence-electron chi connectivity index (χ3n) is 6.09. The smallest absolute Gasteiger partial charge is 0.412 e. The molecule has 1 atom stereocenters. The normalized spacial score (nSPS) is 12.2. The van der Waals surface area contributed by atoms with Crippen molar-refractivity contribution < 1.29 is 29.0 Å². The van der Waals surface area contributed by atoms with E-state index >= 15 is 0 Å². The zero-order valence-electron chi connectivity index (χ0n) is 21.3. The summed E-state index contributed by atoms with van der Waals surface area (Å²) in [5.41, 5.74) is 0.658. The van der Waals surface area contributed by atoms with Crippen molar-refractivity contribution >= 4 is 11.8 Å². The van der Waals surface area contributed by atoms with Crippen LogP contribution in [0.2, 0.25) is 0 Å². The summed E-state index contributed by atoms with van der Waals surface area (Å²) in [5.74, 6) is 1.53. The molecule has 0 fully saturated rings. The van der Waals surface area contributed by atoms with Crippen LogP contribution in [0.15, 0.2) is 103 Å². The van der Waals surface area contributed by atoms with E-state index in [2.05, 4.69) is 5.32 Å². The molecule has 1 amide bonds. The molecule has 0 aliphatic rings. The fourth-order valence-electron chi connectivity index (χ4n) is 4.04. The van der Waals surface area contributed by atoms with Crippen molar-refractivity contribution in [3.63, 3.8) is 0 Å². The van der Waals surface area contributed by atoms with E-state index < -0.39 is 16.6 Å². The van der Waals surface area contributed by atoms with Gasteiger partial charge in [0.15, 0.2) is 0 Å². The predicted octanol–water partition coefficient (Wildman–Crippen LogP) is 5.45. The molecule has 0 bridgehead atoms. The van der Waals surface area contributed by atoms with Crippen molar-refractivity contribution in [3.05, 3.63) is 130 Å². The molecule has 39 heavy (non-hydrogen) atoms. The van der Waals surface area contributed by atoms with Crippen LogP contribution in [0.3, 0.4) is 0 Å². The number of methoxy groups -OCH3 is 1. The van der Waals surface area contributed by atoms with Gasteiger partial charge in [0, 0.05) is 18.7 Å². The first kappa shape index (κ1) is 27.2. The minimum atomic E-state index is -1.37. The highest BCUT2D eigenvalue weighted by Crippen LogP contribution is 2.37. The van der Waals surface area contributed by atoms with Gasteiger partial charge in [-0.1, -0.05) is 54.6 Å². The summed E-state index contributed by atoms with van der Waals surface area (Å²) in [6, 6.07) is 29.2. The molecule has 0 aliphatic carbocycles. The topological polar surface area (TPSA) is 120 Å². The largest absolute Gasteiger partial charge is 0.497 e. The third kappa shape index (κ3) is 6.71. The number of carbonyl (C=O) groups is 1. The van der Waals surface area contributed by atoms with Crippen LogP contribution in [0.4, 0.5) is 10.5 Å². The highest BCUT2D eigenvalue weighted by molar-refractivity contribution is 5.70. The number of nitrogens with zero attached hydrogens (tertiary/aromatic N) is 1. The number of hydrogen-bond donors (Lipinski definition) is 2. The Bertz CT molecular complexity index is 1380. The SMILES string of the molecule is COc1ccc(C(O)(c2ccccc2)c2ccc(OCCCNC(=O)Oc3ccc([N+](=O)[O-])cc3)cc2)cc1. The summed E-state index contributed by atoms with van der Waals surface area (Å²) in [7, 11) is 1.60. The second-order valence-corrected chi connectivity index (χ2v) is 8.60. The lowest BCUT2D eigenvalue weighted by atomic mass is 9.80. The fraction of sp³-hybridized carbons (Fsp3) is 0.167. The van der Waals surface area contributed by atoms with Crippen LogP contribution < -0.4 is 19.5 Å². The number of aliphatic hydroxyl groups is 1. The van der Waals surface area contributed by atoms with Gasteiger partial charge < -0.3 is 24.6 Å².